The Bertz CT molecular complexity index is 893. The number of fused-ring (bicyclic) bond motifs is 1. The smallest absolute Gasteiger partial charge is 0.226 e. The third kappa shape index (κ3) is 3.69. The quantitative estimate of drug-likeness (QED) is 0.725. The van der Waals surface area contributed by atoms with Crippen LogP contribution >= 0.6 is 0 Å². The van der Waals surface area contributed by atoms with Gasteiger partial charge < -0.3 is 16.0 Å². The third-order valence-corrected chi connectivity index (χ3v) is 3.59. The second-order valence-corrected chi connectivity index (χ2v) is 5.67. The van der Waals surface area contributed by atoms with Crippen molar-refractivity contribution in [2.75, 3.05) is 30.9 Å². The predicted molar refractivity (Wildman–Crippen MR) is 97.2 cm³/mol. The summed E-state index contributed by atoms with van der Waals surface area (Å²) in [6.07, 6.45) is 5.12. The molecule has 25 heavy (non-hydrogen) atoms. The van der Waals surface area contributed by atoms with Crippen LogP contribution in [0.3, 0.4) is 0 Å². The van der Waals surface area contributed by atoms with E-state index >= 15 is 0 Å². The summed E-state index contributed by atoms with van der Waals surface area (Å²) < 4.78 is 0. The molecule has 0 saturated heterocycles. The Balaban J connectivity index is 2.05. The number of pyridine rings is 2. The van der Waals surface area contributed by atoms with Crippen molar-refractivity contribution in [2.45, 2.75) is 6.42 Å². The number of hydrogen-bond acceptors (Lipinski definition) is 7. The lowest BCUT2D eigenvalue weighted by Gasteiger charge is -2.12. The Morgan fingerprint density at radius 3 is 2.68 bits per heavy atom. The molecule has 0 atom stereocenters. The van der Waals surface area contributed by atoms with Crippen LogP contribution < -0.4 is 16.0 Å². The molecule has 8 nitrogen and oxygen atoms in total. The molecule has 0 aliphatic carbocycles. The summed E-state index contributed by atoms with van der Waals surface area (Å²) >= 11 is 0. The monoisotopic (exact) mass is 337 g/mol. The Kier molecular flexibility index (Phi) is 4.80. The van der Waals surface area contributed by atoms with E-state index in [1.54, 1.807) is 18.6 Å². The van der Waals surface area contributed by atoms with Crippen molar-refractivity contribution in [3.63, 3.8) is 0 Å². The number of carbonyl (C=O) groups excluding carboxylic acids is 1. The number of carbonyl (C=O) groups is 1. The van der Waals surface area contributed by atoms with E-state index in [0.717, 1.165) is 11.4 Å². The fourth-order valence-corrected chi connectivity index (χ4v) is 2.33. The highest BCUT2D eigenvalue weighted by molar-refractivity contribution is 5.98. The fraction of sp³-hybridized carbons (Fsp3) is 0.235. The predicted octanol–water partition coefficient (Wildman–Crippen LogP) is 1.44. The maximum atomic E-state index is 11.9. The van der Waals surface area contributed by atoms with Crippen LogP contribution in [0.5, 0.6) is 0 Å². The summed E-state index contributed by atoms with van der Waals surface area (Å²) in [5.74, 6) is 1.01. The third-order valence-electron chi connectivity index (χ3n) is 3.59. The molecule has 128 valence electrons. The highest BCUT2D eigenvalue weighted by Gasteiger charge is 2.12. The van der Waals surface area contributed by atoms with Crippen molar-refractivity contribution >= 4 is 28.6 Å². The lowest BCUT2D eigenvalue weighted by molar-refractivity contribution is -0.116. The minimum absolute atomic E-state index is 0.208. The molecule has 3 heterocycles. The van der Waals surface area contributed by atoms with E-state index in [0.29, 0.717) is 22.5 Å². The molecule has 0 fully saturated rings. The van der Waals surface area contributed by atoms with Gasteiger partial charge in [-0.25, -0.2) is 15.0 Å². The summed E-state index contributed by atoms with van der Waals surface area (Å²) in [5, 5.41) is 2.76. The Morgan fingerprint density at radius 1 is 1.20 bits per heavy atom. The second kappa shape index (κ2) is 7.18. The van der Waals surface area contributed by atoms with Crippen LogP contribution in [0.2, 0.25) is 0 Å². The van der Waals surface area contributed by atoms with Gasteiger partial charge in [0, 0.05) is 51.2 Å². The average molecular weight is 337 g/mol. The number of aromatic nitrogens is 4. The molecule has 3 rings (SSSR count). The van der Waals surface area contributed by atoms with Crippen molar-refractivity contribution in [3.8, 4) is 11.3 Å². The maximum absolute atomic E-state index is 11.9. The number of nitrogens with one attached hydrogen (secondary N) is 1. The van der Waals surface area contributed by atoms with Gasteiger partial charge in [0.1, 0.15) is 11.3 Å². The first kappa shape index (κ1) is 16.7. The number of anilines is 2. The van der Waals surface area contributed by atoms with Gasteiger partial charge in [-0.1, -0.05) is 0 Å². The Morgan fingerprint density at radius 2 is 2.00 bits per heavy atom. The zero-order valence-corrected chi connectivity index (χ0v) is 14.1. The van der Waals surface area contributed by atoms with Crippen molar-refractivity contribution in [1.82, 2.24) is 19.9 Å². The van der Waals surface area contributed by atoms with E-state index in [9.17, 15) is 4.79 Å². The molecule has 0 aromatic carbocycles. The summed E-state index contributed by atoms with van der Waals surface area (Å²) in [7, 11) is 3.86. The van der Waals surface area contributed by atoms with Gasteiger partial charge >= 0.3 is 0 Å². The van der Waals surface area contributed by atoms with Crippen LogP contribution in [0.15, 0.2) is 36.8 Å². The lowest BCUT2D eigenvalue weighted by Crippen LogP contribution is -2.17. The summed E-state index contributed by atoms with van der Waals surface area (Å²) in [6, 6.07) is 5.66. The Hall–Kier alpha value is -3.13. The molecule has 0 unspecified atom stereocenters. The maximum Gasteiger partial charge on any atom is 0.226 e. The molecular weight excluding hydrogens is 318 g/mol. The van der Waals surface area contributed by atoms with Gasteiger partial charge in [-0.15, -0.1) is 0 Å². The first-order chi connectivity index (χ1) is 12.1. The molecule has 0 aliphatic rings. The topological polar surface area (TPSA) is 110 Å². The highest BCUT2D eigenvalue weighted by Crippen LogP contribution is 2.25. The van der Waals surface area contributed by atoms with Crippen molar-refractivity contribution in [1.29, 1.82) is 0 Å². The van der Waals surface area contributed by atoms with Crippen LogP contribution in [0.1, 0.15) is 6.42 Å². The van der Waals surface area contributed by atoms with Crippen LogP contribution in [0.25, 0.3) is 22.3 Å². The first-order valence-corrected chi connectivity index (χ1v) is 7.84. The Labute approximate surface area is 145 Å². The van der Waals surface area contributed by atoms with Crippen molar-refractivity contribution < 1.29 is 4.79 Å². The molecule has 3 aromatic rings. The first-order valence-electron chi connectivity index (χ1n) is 7.84. The van der Waals surface area contributed by atoms with Gasteiger partial charge in [0.25, 0.3) is 0 Å². The number of hydrogen-bond donors (Lipinski definition) is 2. The van der Waals surface area contributed by atoms with E-state index in [1.165, 1.54) is 0 Å². The zero-order valence-electron chi connectivity index (χ0n) is 14.1. The SMILES string of the molecule is CN(C)c1ccc(-c2cc3nccnc3c(NC(=O)CCN)n2)cn1. The van der Waals surface area contributed by atoms with Gasteiger partial charge in [0.15, 0.2) is 5.82 Å². The molecule has 0 radical (unpaired) electrons. The van der Waals surface area contributed by atoms with Crippen molar-refractivity contribution in [2.24, 2.45) is 5.73 Å². The average Bonchev–Trinajstić information content (AvgIpc) is 2.62. The largest absolute Gasteiger partial charge is 0.363 e. The molecule has 3 N–H and O–H groups in total. The number of amides is 1. The second-order valence-electron chi connectivity index (χ2n) is 5.67. The normalized spacial score (nSPS) is 10.7. The van der Waals surface area contributed by atoms with E-state index in [1.807, 2.05) is 37.2 Å². The lowest BCUT2D eigenvalue weighted by atomic mass is 10.1. The number of rotatable bonds is 5. The van der Waals surface area contributed by atoms with Crippen LogP contribution in [-0.2, 0) is 4.79 Å². The van der Waals surface area contributed by atoms with Gasteiger partial charge in [-0.05, 0) is 18.2 Å². The zero-order chi connectivity index (χ0) is 17.8. The fourth-order valence-electron chi connectivity index (χ4n) is 2.33. The summed E-state index contributed by atoms with van der Waals surface area (Å²) in [6.45, 7) is 0.269. The van der Waals surface area contributed by atoms with Crippen LogP contribution in [0, 0.1) is 0 Å². The molecule has 1 amide bonds. The van der Waals surface area contributed by atoms with Gasteiger partial charge in [0.2, 0.25) is 5.91 Å². The molecular formula is C17H19N7O. The summed E-state index contributed by atoms with van der Waals surface area (Å²) in [5.41, 5.74) is 8.10. The minimum Gasteiger partial charge on any atom is -0.363 e. The summed E-state index contributed by atoms with van der Waals surface area (Å²) in [4.78, 5) is 31.4. The minimum atomic E-state index is -0.208. The molecule has 8 heteroatoms. The highest BCUT2D eigenvalue weighted by atomic mass is 16.1. The number of nitrogens with zero attached hydrogens (tertiary/aromatic N) is 5. The van der Waals surface area contributed by atoms with E-state index in [2.05, 4.69) is 25.3 Å². The van der Waals surface area contributed by atoms with Gasteiger partial charge in [-0.2, -0.15) is 0 Å². The molecule has 3 aromatic heterocycles. The van der Waals surface area contributed by atoms with E-state index in [-0.39, 0.29) is 18.9 Å². The van der Waals surface area contributed by atoms with Crippen LogP contribution in [0.4, 0.5) is 11.6 Å². The van der Waals surface area contributed by atoms with E-state index in [4.69, 9.17) is 5.73 Å². The molecule has 0 bridgehead atoms. The van der Waals surface area contributed by atoms with Gasteiger partial charge in [0.05, 0.1) is 11.2 Å². The molecule has 0 aliphatic heterocycles. The van der Waals surface area contributed by atoms with E-state index < -0.39 is 0 Å². The van der Waals surface area contributed by atoms with Crippen LogP contribution in [-0.4, -0.2) is 46.5 Å². The molecule has 0 spiro atoms. The van der Waals surface area contributed by atoms with Gasteiger partial charge in [-0.3, -0.25) is 9.78 Å². The number of nitrogens with two attached hydrogens (primary N) is 1. The standard InChI is InChI=1S/C17H19N7O/c1-24(2)14-4-3-11(10-21-14)12-9-13-16(20-8-7-19-13)17(22-12)23-15(25)5-6-18/h3-4,7-10H,5-6,18H2,1-2H3,(H,22,23,25). The van der Waals surface area contributed by atoms with Crippen molar-refractivity contribution in [3.05, 3.63) is 36.8 Å². The molecule has 0 saturated carbocycles.